The number of morpholine rings is 1. The normalized spacial score (nSPS) is 20.4. The molecule has 1 aromatic rings. The highest BCUT2D eigenvalue weighted by molar-refractivity contribution is 9.10. The van der Waals surface area contributed by atoms with Crippen LogP contribution in [0, 0.1) is 0 Å². The molecule has 0 aliphatic carbocycles. The van der Waals surface area contributed by atoms with Crippen molar-refractivity contribution in [3.63, 3.8) is 0 Å². The second kappa shape index (κ2) is 7.03. The number of nitrogens with zero attached hydrogens (tertiary/aromatic N) is 1. The van der Waals surface area contributed by atoms with Gasteiger partial charge in [-0.25, -0.2) is 0 Å². The maximum absolute atomic E-state index is 10.5. The van der Waals surface area contributed by atoms with Gasteiger partial charge in [0.05, 0.1) is 12.7 Å². The number of carboxylic acids is 1. The van der Waals surface area contributed by atoms with Crippen molar-refractivity contribution in [3.05, 3.63) is 34.3 Å². The first kappa shape index (κ1) is 14.5. The summed E-state index contributed by atoms with van der Waals surface area (Å²) < 4.78 is 6.85. The number of aliphatic carboxylic acids is 1. The van der Waals surface area contributed by atoms with Crippen LogP contribution in [-0.2, 0) is 9.53 Å². The molecular weight excluding hydrogens is 310 g/mol. The number of hydrogen-bond donors (Lipinski definition) is 1. The van der Waals surface area contributed by atoms with Gasteiger partial charge in [0.25, 0.3) is 0 Å². The summed E-state index contributed by atoms with van der Waals surface area (Å²) >= 11 is 3.42. The third-order valence-corrected chi connectivity index (χ3v) is 3.79. The molecule has 0 saturated carbocycles. The van der Waals surface area contributed by atoms with E-state index >= 15 is 0 Å². The molecule has 1 aliphatic heterocycles. The molecule has 1 aliphatic rings. The average molecular weight is 328 g/mol. The van der Waals surface area contributed by atoms with Crippen LogP contribution in [0.15, 0.2) is 28.7 Å². The van der Waals surface area contributed by atoms with Crippen LogP contribution in [0.1, 0.15) is 24.5 Å². The Labute approximate surface area is 121 Å². The fraction of sp³-hybridized carbons (Fsp3) is 0.500. The molecule has 19 heavy (non-hydrogen) atoms. The monoisotopic (exact) mass is 327 g/mol. The number of rotatable bonds is 5. The number of carboxylic acid groups (broad SMARTS) is 1. The number of halogens is 1. The molecule has 0 aromatic heterocycles. The number of ether oxygens (including phenoxy) is 1. The molecule has 4 nitrogen and oxygen atoms in total. The minimum atomic E-state index is -0.724. The van der Waals surface area contributed by atoms with E-state index in [4.69, 9.17) is 9.84 Å². The van der Waals surface area contributed by atoms with E-state index in [2.05, 4.69) is 33.0 Å². The summed E-state index contributed by atoms with van der Waals surface area (Å²) in [6.07, 6.45) is 1.02. The molecular formula is C14H18BrNO3. The van der Waals surface area contributed by atoms with Gasteiger partial charge < -0.3 is 9.84 Å². The second-order valence-electron chi connectivity index (χ2n) is 4.71. The molecule has 0 bridgehead atoms. The minimum absolute atomic E-state index is 0.0895. The highest BCUT2D eigenvalue weighted by Crippen LogP contribution is 2.23. The van der Waals surface area contributed by atoms with Gasteiger partial charge in [-0.15, -0.1) is 0 Å². The van der Waals surface area contributed by atoms with E-state index in [1.165, 1.54) is 5.56 Å². The van der Waals surface area contributed by atoms with E-state index in [1.807, 2.05) is 12.1 Å². The minimum Gasteiger partial charge on any atom is -0.481 e. The van der Waals surface area contributed by atoms with Crippen LogP contribution >= 0.6 is 15.9 Å². The Hall–Kier alpha value is -0.910. The summed E-state index contributed by atoms with van der Waals surface area (Å²) in [7, 11) is 0. The lowest BCUT2D eigenvalue weighted by Crippen LogP contribution is -2.38. The molecule has 0 radical (unpaired) electrons. The zero-order valence-corrected chi connectivity index (χ0v) is 12.3. The van der Waals surface area contributed by atoms with Gasteiger partial charge in [0.2, 0.25) is 0 Å². The number of carbonyl (C=O) groups is 1. The summed E-state index contributed by atoms with van der Waals surface area (Å²) in [5.41, 5.74) is 1.17. The van der Waals surface area contributed by atoms with Crippen LogP contribution < -0.4 is 0 Å². The lowest BCUT2D eigenvalue weighted by atomic mass is 10.1. The quantitative estimate of drug-likeness (QED) is 0.903. The average Bonchev–Trinajstić information content (AvgIpc) is 2.39. The summed E-state index contributed by atoms with van der Waals surface area (Å²) in [6, 6.07) is 8.16. The molecule has 0 amide bonds. The van der Waals surface area contributed by atoms with Gasteiger partial charge in [0.15, 0.2) is 0 Å². The zero-order valence-electron chi connectivity index (χ0n) is 10.7. The first-order valence-electron chi connectivity index (χ1n) is 6.46. The van der Waals surface area contributed by atoms with E-state index in [9.17, 15) is 4.79 Å². The Morgan fingerprint density at radius 2 is 2.16 bits per heavy atom. The van der Waals surface area contributed by atoms with E-state index < -0.39 is 5.97 Å². The van der Waals surface area contributed by atoms with Gasteiger partial charge in [0, 0.05) is 24.0 Å². The van der Waals surface area contributed by atoms with Gasteiger partial charge in [-0.2, -0.15) is 0 Å². The molecule has 5 heteroatoms. The van der Waals surface area contributed by atoms with Crippen molar-refractivity contribution in [1.82, 2.24) is 4.90 Å². The molecule has 1 unspecified atom stereocenters. The fourth-order valence-corrected chi connectivity index (χ4v) is 2.50. The first-order valence-corrected chi connectivity index (χ1v) is 7.25. The third-order valence-electron chi connectivity index (χ3n) is 3.26. The van der Waals surface area contributed by atoms with Crippen molar-refractivity contribution in [1.29, 1.82) is 0 Å². The number of benzene rings is 1. The molecule has 2 rings (SSSR count). The SMILES string of the molecule is O=C(O)CCCN1CCOC(c2ccc(Br)cc2)C1. The summed E-state index contributed by atoms with van der Waals surface area (Å²) in [5, 5.41) is 8.65. The highest BCUT2D eigenvalue weighted by Gasteiger charge is 2.21. The predicted molar refractivity (Wildman–Crippen MR) is 76.1 cm³/mol. The molecule has 1 N–H and O–H groups in total. The Bertz CT molecular complexity index is 421. The smallest absolute Gasteiger partial charge is 0.303 e. The van der Waals surface area contributed by atoms with Crippen molar-refractivity contribution < 1.29 is 14.6 Å². The Morgan fingerprint density at radius 1 is 1.42 bits per heavy atom. The maximum atomic E-state index is 10.5. The molecule has 1 saturated heterocycles. The summed E-state index contributed by atoms with van der Waals surface area (Å²) in [5.74, 6) is -0.724. The van der Waals surface area contributed by atoms with Crippen LogP contribution in [0.3, 0.4) is 0 Å². The molecule has 1 atom stereocenters. The maximum Gasteiger partial charge on any atom is 0.303 e. The molecule has 0 spiro atoms. The fourth-order valence-electron chi connectivity index (χ4n) is 2.24. The van der Waals surface area contributed by atoms with Gasteiger partial charge in [-0.05, 0) is 30.7 Å². The summed E-state index contributed by atoms with van der Waals surface area (Å²) in [4.78, 5) is 12.8. The lowest BCUT2D eigenvalue weighted by Gasteiger charge is -2.33. The third kappa shape index (κ3) is 4.60. The Kier molecular flexibility index (Phi) is 5.36. The van der Waals surface area contributed by atoms with Crippen LogP contribution in [0.4, 0.5) is 0 Å². The topological polar surface area (TPSA) is 49.8 Å². The van der Waals surface area contributed by atoms with E-state index in [0.29, 0.717) is 13.0 Å². The van der Waals surface area contributed by atoms with Crippen molar-refractivity contribution >= 4 is 21.9 Å². The Morgan fingerprint density at radius 3 is 2.84 bits per heavy atom. The van der Waals surface area contributed by atoms with Crippen LogP contribution in [0.5, 0.6) is 0 Å². The van der Waals surface area contributed by atoms with Crippen LogP contribution in [0.2, 0.25) is 0 Å². The van der Waals surface area contributed by atoms with E-state index in [1.54, 1.807) is 0 Å². The predicted octanol–water partition coefficient (Wildman–Crippen LogP) is 2.69. The summed E-state index contributed by atoms with van der Waals surface area (Å²) in [6.45, 7) is 3.24. The zero-order chi connectivity index (χ0) is 13.7. The van der Waals surface area contributed by atoms with Gasteiger partial charge in [0.1, 0.15) is 0 Å². The van der Waals surface area contributed by atoms with Gasteiger partial charge >= 0.3 is 5.97 Å². The Balaban J connectivity index is 1.86. The largest absolute Gasteiger partial charge is 0.481 e. The second-order valence-corrected chi connectivity index (χ2v) is 5.62. The van der Waals surface area contributed by atoms with Gasteiger partial charge in [-0.1, -0.05) is 28.1 Å². The van der Waals surface area contributed by atoms with Crippen molar-refractivity contribution in [2.24, 2.45) is 0 Å². The molecule has 1 heterocycles. The number of hydrogen-bond acceptors (Lipinski definition) is 3. The highest BCUT2D eigenvalue weighted by atomic mass is 79.9. The lowest BCUT2D eigenvalue weighted by molar-refractivity contribution is -0.137. The molecule has 1 aromatic carbocycles. The van der Waals surface area contributed by atoms with Crippen molar-refractivity contribution in [2.75, 3.05) is 26.2 Å². The van der Waals surface area contributed by atoms with Crippen LogP contribution in [0.25, 0.3) is 0 Å². The molecule has 104 valence electrons. The van der Waals surface area contributed by atoms with E-state index in [0.717, 1.165) is 24.1 Å². The van der Waals surface area contributed by atoms with Crippen molar-refractivity contribution in [2.45, 2.75) is 18.9 Å². The van der Waals surface area contributed by atoms with Crippen LogP contribution in [-0.4, -0.2) is 42.2 Å². The van der Waals surface area contributed by atoms with Crippen molar-refractivity contribution in [3.8, 4) is 0 Å². The molecule has 1 fully saturated rings. The van der Waals surface area contributed by atoms with Gasteiger partial charge in [-0.3, -0.25) is 9.69 Å². The standard InChI is InChI=1S/C14H18BrNO3/c15-12-5-3-11(4-6-12)13-10-16(8-9-19-13)7-1-2-14(17)18/h3-6,13H,1-2,7-10H2,(H,17,18). The first-order chi connectivity index (χ1) is 9.15. The van der Waals surface area contributed by atoms with E-state index in [-0.39, 0.29) is 12.5 Å².